The topological polar surface area (TPSA) is 0 Å². The van der Waals surface area contributed by atoms with E-state index in [-0.39, 0.29) is 0 Å². The van der Waals surface area contributed by atoms with Crippen LogP contribution in [0.4, 0.5) is 0 Å². The van der Waals surface area contributed by atoms with Crippen molar-refractivity contribution in [1.82, 2.24) is 0 Å². The van der Waals surface area contributed by atoms with Crippen LogP contribution in [-0.4, -0.2) is 0 Å². The molecule has 8 aliphatic rings. The van der Waals surface area contributed by atoms with Gasteiger partial charge in [-0.3, -0.25) is 0 Å². The Labute approximate surface area is 529 Å². The molecule has 8 rings (SSSR count). The monoisotopic (exact) mass is 1160 g/mol. The van der Waals surface area contributed by atoms with Gasteiger partial charge < -0.3 is 0 Å². The fourth-order valence-corrected chi connectivity index (χ4v) is 13.2. The normalized spacial score (nSPS) is 24.7. The van der Waals surface area contributed by atoms with Gasteiger partial charge in [0.2, 0.25) is 0 Å². The second kappa shape index (κ2) is 56.2. The molecule has 8 fully saturated rings. The van der Waals surface area contributed by atoms with Crippen LogP contribution in [0.25, 0.3) is 0 Å². The molecule has 8 aliphatic carbocycles. The molecule has 0 aromatic heterocycles. The van der Waals surface area contributed by atoms with Gasteiger partial charge in [-0.15, -0.1) is 0 Å². The number of hydrogen-bond donors (Lipinski definition) is 0. The third-order valence-corrected chi connectivity index (χ3v) is 19.3. The van der Waals surface area contributed by atoms with Gasteiger partial charge in [-0.25, -0.2) is 0 Å². The molecule has 0 bridgehead atoms. The largest absolute Gasteiger partial charge is 0.0683 e. The summed E-state index contributed by atoms with van der Waals surface area (Å²) in [6.07, 6.45) is 61.5. The summed E-state index contributed by atoms with van der Waals surface area (Å²) in [4.78, 5) is 0. The van der Waals surface area contributed by atoms with Gasteiger partial charge in [-0.1, -0.05) is 381 Å². The highest BCUT2D eigenvalue weighted by Gasteiger charge is 2.41. The maximum atomic E-state index is 2.44. The first-order chi connectivity index (χ1) is 38.5. The Morgan fingerprint density at radius 1 is 0.171 bits per heavy atom. The van der Waals surface area contributed by atoms with E-state index in [2.05, 4.69) is 125 Å². The maximum absolute atomic E-state index is 2.44. The molecule has 504 valence electrons. The Balaban J connectivity index is -0.000000197. The molecule has 0 nitrogen and oxygen atoms in total. The van der Waals surface area contributed by atoms with E-state index in [4.69, 9.17) is 0 Å². The number of hydrogen-bond acceptors (Lipinski definition) is 0. The van der Waals surface area contributed by atoms with Crippen LogP contribution < -0.4 is 0 Å². The lowest BCUT2D eigenvalue weighted by Gasteiger charge is -2.40. The van der Waals surface area contributed by atoms with Crippen molar-refractivity contribution in [3.63, 3.8) is 0 Å². The standard InChI is InChI=1S/C12H24.C11H22.C10H20.C9H18.C8H16.2C7H14.C6H12.6C2H6/c1-12(2)10-8-6-4-3-5-7-9-11-12;1-11(2)9-7-5-3-4-6-8-10-11;1-10(2)8-6-4-3-5-7-9-10;1-9(2)7-5-3-4-6-8-9;1-8(2)6-4-3-5-7-8;1-6-4-7(2,3)5-6;1-7(2)5-3-4-6-7;1-5-4-6(5,2)3;6*1-2/h3-11H2,1-2H3;3-10H2,1-2H3;3-9H2,1-2H3;3-8H2,1-2H3;3-7H2,1-2H3;6H,4-5H2,1-3H3;3-6H2,1-2H3;5H,4H2,1-3H3;6*1-2H3/t;;;;;;;5-;;;;;;/m.......0....../s1. The maximum Gasteiger partial charge on any atom is -0.0326 e. The van der Waals surface area contributed by atoms with E-state index in [9.17, 15) is 0 Å². The lowest BCUT2D eigenvalue weighted by molar-refractivity contribution is 0.111. The molecule has 0 unspecified atom stereocenters. The molecule has 0 spiro atoms. The minimum Gasteiger partial charge on any atom is -0.0683 e. The SMILES string of the molecule is CC.CC.CC.CC.CC.CC.CC1(C)CCCC1.CC1(C)CCCCC1.CC1(C)CCCCCC1.CC1(C)CCCCCCC1.CC1(C)CCCCCCCC1.CC1(C)CCCCCCCCC1.CC1CC(C)(C)C1.C[C@H]1CC1(C)C. The van der Waals surface area contributed by atoms with Crippen LogP contribution in [0.2, 0.25) is 0 Å². The van der Waals surface area contributed by atoms with E-state index in [1.54, 1.807) is 0 Å². The molecule has 8 saturated carbocycles. The second-order valence-electron chi connectivity index (χ2n) is 32.3. The molecule has 82 heavy (non-hydrogen) atoms. The Morgan fingerprint density at radius 2 is 0.268 bits per heavy atom. The lowest BCUT2D eigenvalue weighted by atomic mass is 9.65. The summed E-state index contributed by atoms with van der Waals surface area (Å²) in [6, 6.07) is 0. The van der Waals surface area contributed by atoms with Gasteiger partial charge >= 0.3 is 0 Å². The summed E-state index contributed by atoms with van der Waals surface area (Å²) in [5.74, 6) is 2.01. The summed E-state index contributed by atoms with van der Waals surface area (Å²) in [6.45, 7) is 66.8. The van der Waals surface area contributed by atoms with Crippen LogP contribution in [-0.2, 0) is 0 Å². The van der Waals surface area contributed by atoms with Crippen molar-refractivity contribution < 1.29 is 0 Å². The average molecular weight is 1160 g/mol. The first-order valence-corrected chi connectivity index (χ1v) is 38.5. The van der Waals surface area contributed by atoms with Crippen molar-refractivity contribution in [2.24, 2.45) is 55.2 Å². The number of rotatable bonds is 0. The van der Waals surface area contributed by atoms with Crippen LogP contribution in [0.3, 0.4) is 0 Å². The fourth-order valence-electron chi connectivity index (χ4n) is 13.2. The molecule has 0 N–H and O–H groups in total. The van der Waals surface area contributed by atoms with Crippen LogP contribution in [0.15, 0.2) is 0 Å². The summed E-state index contributed by atoms with van der Waals surface area (Å²) < 4.78 is 0. The van der Waals surface area contributed by atoms with Crippen molar-refractivity contribution in [2.75, 3.05) is 0 Å². The fraction of sp³-hybridized carbons (Fsp3) is 1.00. The molecular weight excluding hydrogens is 985 g/mol. The zero-order chi connectivity index (χ0) is 64.9. The van der Waals surface area contributed by atoms with Crippen molar-refractivity contribution >= 4 is 0 Å². The minimum absolute atomic E-state index is 0.636. The quantitative estimate of drug-likeness (QED) is 0.212. The van der Waals surface area contributed by atoms with E-state index in [0.717, 1.165) is 11.8 Å². The molecule has 0 saturated heterocycles. The van der Waals surface area contributed by atoms with Gasteiger partial charge in [-0.2, -0.15) is 0 Å². The molecule has 1 atom stereocenters. The third-order valence-electron chi connectivity index (χ3n) is 19.3. The van der Waals surface area contributed by atoms with Gasteiger partial charge in [0.1, 0.15) is 0 Å². The molecule has 0 heteroatoms. The van der Waals surface area contributed by atoms with E-state index in [0.29, 0.717) is 43.3 Å². The van der Waals surface area contributed by atoms with Crippen molar-refractivity contribution in [3.05, 3.63) is 0 Å². The van der Waals surface area contributed by atoms with Gasteiger partial charge in [0, 0.05) is 0 Å². The lowest BCUT2D eigenvalue weighted by Crippen LogP contribution is -2.29. The van der Waals surface area contributed by atoms with Gasteiger partial charge in [0.05, 0.1) is 0 Å². The van der Waals surface area contributed by atoms with Crippen LogP contribution in [0.1, 0.15) is 477 Å². The highest BCUT2D eigenvalue weighted by Crippen LogP contribution is 2.51. The second-order valence-corrected chi connectivity index (χ2v) is 32.3. The molecule has 0 aromatic carbocycles. The zero-order valence-corrected chi connectivity index (χ0v) is 64.9. The molecule has 0 heterocycles. The zero-order valence-electron chi connectivity index (χ0n) is 64.9. The summed E-state index contributed by atoms with van der Waals surface area (Å²) in [5.41, 5.74) is 5.37. The summed E-state index contributed by atoms with van der Waals surface area (Å²) >= 11 is 0. The van der Waals surface area contributed by atoms with E-state index < -0.39 is 0 Å². The van der Waals surface area contributed by atoms with Crippen LogP contribution in [0.5, 0.6) is 0 Å². The van der Waals surface area contributed by atoms with Gasteiger partial charge in [0.15, 0.2) is 0 Å². The Morgan fingerprint density at radius 3 is 0.341 bits per heavy atom. The summed E-state index contributed by atoms with van der Waals surface area (Å²) in [5, 5.41) is 0. The Hall–Kier alpha value is 0. The highest BCUT2D eigenvalue weighted by atomic mass is 14.5. The minimum atomic E-state index is 0.636. The molecule has 0 amide bonds. The molecule has 0 aliphatic heterocycles. The predicted molar refractivity (Wildman–Crippen MR) is 391 cm³/mol. The highest BCUT2D eigenvalue weighted by molar-refractivity contribution is 4.91. The first-order valence-electron chi connectivity index (χ1n) is 38.5. The molecular formula is C82H176. The van der Waals surface area contributed by atoms with Crippen LogP contribution >= 0.6 is 0 Å². The summed E-state index contributed by atoms with van der Waals surface area (Å²) in [7, 11) is 0. The first kappa shape index (κ1) is 93.1. The Kier molecular flexibility index (Phi) is 63.9. The van der Waals surface area contributed by atoms with Gasteiger partial charge in [-0.05, 0) is 151 Å². The third kappa shape index (κ3) is 64.5. The van der Waals surface area contributed by atoms with Crippen molar-refractivity contribution in [3.8, 4) is 0 Å². The predicted octanol–water partition coefficient (Wildman–Crippen LogP) is 32.0. The van der Waals surface area contributed by atoms with E-state index >= 15 is 0 Å². The molecule has 0 aromatic rings. The Bertz CT molecular complexity index is 1160. The van der Waals surface area contributed by atoms with E-state index in [1.165, 1.54) is 270 Å². The molecule has 0 radical (unpaired) electrons. The average Bonchev–Trinajstić information content (AvgIpc) is 3.83. The van der Waals surface area contributed by atoms with Gasteiger partial charge in [0.25, 0.3) is 0 Å². The van der Waals surface area contributed by atoms with Crippen LogP contribution in [0, 0.1) is 55.2 Å². The van der Waals surface area contributed by atoms with Crippen molar-refractivity contribution in [2.45, 2.75) is 477 Å². The smallest absolute Gasteiger partial charge is 0.0326 e. The van der Waals surface area contributed by atoms with E-state index in [1.807, 2.05) is 83.1 Å². The van der Waals surface area contributed by atoms with Crippen molar-refractivity contribution in [1.29, 1.82) is 0 Å².